The third-order valence-corrected chi connectivity index (χ3v) is 5.12. The van der Waals surface area contributed by atoms with Gasteiger partial charge in [0.15, 0.2) is 0 Å². The second kappa shape index (κ2) is 7.52. The fourth-order valence-corrected chi connectivity index (χ4v) is 3.80. The first-order valence-corrected chi connectivity index (χ1v) is 8.57. The third kappa shape index (κ3) is 4.05. The van der Waals surface area contributed by atoms with Crippen molar-refractivity contribution in [2.75, 3.05) is 18.5 Å². The maximum atomic E-state index is 12.4. The molecule has 1 saturated heterocycles. The number of piperidine rings is 1. The number of amides is 1. The molecular weight excluding hydrogens is 294 g/mol. The molecule has 0 unspecified atom stereocenters. The van der Waals surface area contributed by atoms with Gasteiger partial charge in [-0.3, -0.25) is 4.79 Å². The van der Waals surface area contributed by atoms with E-state index in [1.165, 1.54) is 32.1 Å². The molecule has 1 aromatic rings. The van der Waals surface area contributed by atoms with E-state index in [9.17, 15) is 4.79 Å². The van der Waals surface area contributed by atoms with Crippen LogP contribution in [0.25, 0.3) is 0 Å². The van der Waals surface area contributed by atoms with E-state index in [-0.39, 0.29) is 11.9 Å². The van der Waals surface area contributed by atoms with Crippen LogP contribution in [0.1, 0.15) is 51.9 Å². The van der Waals surface area contributed by atoms with Gasteiger partial charge in [-0.25, -0.2) is 5.43 Å². The number of hydrogen-bond donors (Lipinski definition) is 2. The Morgan fingerprint density at radius 1 is 1.17 bits per heavy atom. The van der Waals surface area contributed by atoms with Gasteiger partial charge in [-0.15, -0.1) is 5.10 Å². The standard InChI is InChI=1S/C15H25N7O/c1-11(16-17-15-18-20-21-19-15)14(23)22-9-7-13(8-10-22)12-5-3-2-4-6-12/h12-13H,2-10H2,1H3,(H2,17,18,19,20,21). The number of anilines is 1. The van der Waals surface area contributed by atoms with E-state index in [2.05, 4.69) is 31.2 Å². The van der Waals surface area contributed by atoms with Crippen molar-refractivity contribution in [1.29, 1.82) is 0 Å². The van der Waals surface area contributed by atoms with Crippen LogP contribution in [0.4, 0.5) is 5.95 Å². The molecule has 126 valence electrons. The van der Waals surface area contributed by atoms with Crippen LogP contribution in [-0.4, -0.2) is 50.2 Å². The number of hydrazone groups is 1. The molecule has 2 heterocycles. The topological polar surface area (TPSA) is 99.2 Å². The maximum Gasteiger partial charge on any atom is 0.283 e. The van der Waals surface area contributed by atoms with Crippen LogP contribution in [0.2, 0.25) is 0 Å². The van der Waals surface area contributed by atoms with E-state index in [0.717, 1.165) is 37.8 Å². The second-order valence-corrected chi connectivity index (χ2v) is 6.57. The highest BCUT2D eigenvalue weighted by molar-refractivity contribution is 6.37. The van der Waals surface area contributed by atoms with Crippen LogP contribution in [-0.2, 0) is 4.79 Å². The van der Waals surface area contributed by atoms with Crippen LogP contribution in [0.3, 0.4) is 0 Å². The molecule has 8 heteroatoms. The fourth-order valence-electron chi connectivity index (χ4n) is 3.80. The van der Waals surface area contributed by atoms with Gasteiger partial charge in [0.2, 0.25) is 0 Å². The van der Waals surface area contributed by atoms with E-state index in [4.69, 9.17) is 0 Å². The number of rotatable bonds is 4. The van der Waals surface area contributed by atoms with E-state index in [1.54, 1.807) is 6.92 Å². The molecule has 0 radical (unpaired) electrons. The highest BCUT2D eigenvalue weighted by atomic mass is 16.2. The Bertz CT molecular complexity index is 528. The molecule has 0 bridgehead atoms. The van der Waals surface area contributed by atoms with Crippen LogP contribution >= 0.6 is 0 Å². The molecule has 0 atom stereocenters. The third-order valence-electron chi connectivity index (χ3n) is 5.12. The van der Waals surface area contributed by atoms with E-state index < -0.39 is 0 Å². The molecule has 1 saturated carbocycles. The summed E-state index contributed by atoms with van der Waals surface area (Å²) < 4.78 is 0. The van der Waals surface area contributed by atoms with Gasteiger partial charge in [-0.1, -0.05) is 37.2 Å². The minimum Gasteiger partial charge on any atom is -0.338 e. The summed E-state index contributed by atoms with van der Waals surface area (Å²) in [5.41, 5.74) is 3.05. The summed E-state index contributed by atoms with van der Waals surface area (Å²) >= 11 is 0. The number of carbonyl (C=O) groups excluding carboxylic acids is 1. The summed E-state index contributed by atoms with van der Waals surface area (Å²) in [4.78, 5) is 14.3. The number of aromatic nitrogens is 4. The molecule has 23 heavy (non-hydrogen) atoms. The first-order chi connectivity index (χ1) is 11.2. The van der Waals surface area contributed by atoms with Crippen molar-refractivity contribution in [3.8, 4) is 0 Å². The molecule has 1 aromatic heterocycles. The normalized spacial score (nSPS) is 21.4. The molecule has 8 nitrogen and oxygen atoms in total. The zero-order chi connectivity index (χ0) is 16.1. The monoisotopic (exact) mass is 319 g/mol. The largest absolute Gasteiger partial charge is 0.338 e. The van der Waals surface area contributed by atoms with Crippen molar-refractivity contribution in [2.45, 2.75) is 51.9 Å². The first-order valence-electron chi connectivity index (χ1n) is 8.57. The highest BCUT2D eigenvalue weighted by Gasteiger charge is 2.29. The lowest BCUT2D eigenvalue weighted by Crippen LogP contribution is -2.43. The average molecular weight is 319 g/mol. The van der Waals surface area contributed by atoms with E-state index in [0.29, 0.717) is 5.71 Å². The number of carbonyl (C=O) groups is 1. The van der Waals surface area contributed by atoms with Crippen molar-refractivity contribution in [3.05, 3.63) is 0 Å². The Kier molecular flexibility index (Phi) is 5.19. The van der Waals surface area contributed by atoms with Crippen molar-refractivity contribution in [2.24, 2.45) is 16.9 Å². The lowest BCUT2D eigenvalue weighted by molar-refractivity contribution is -0.125. The van der Waals surface area contributed by atoms with Gasteiger partial charge in [-0.2, -0.15) is 10.3 Å². The number of nitrogens with zero attached hydrogens (tertiary/aromatic N) is 5. The molecule has 0 aromatic carbocycles. The maximum absolute atomic E-state index is 12.4. The summed E-state index contributed by atoms with van der Waals surface area (Å²) in [5, 5.41) is 17.3. The quantitative estimate of drug-likeness (QED) is 0.651. The van der Waals surface area contributed by atoms with E-state index >= 15 is 0 Å². The smallest absolute Gasteiger partial charge is 0.283 e. The number of H-pyrrole nitrogens is 1. The molecule has 2 N–H and O–H groups in total. The average Bonchev–Trinajstić information content (AvgIpc) is 3.13. The van der Waals surface area contributed by atoms with Crippen LogP contribution in [0.5, 0.6) is 0 Å². The zero-order valence-corrected chi connectivity index (χ0v) is 13.7. The molecule has 3 rings (SSSR count). The molecule has 0 spiro atoms. The van der Waals surface area contributed by atoms with Crippen molar-refractivity contribution < 1.29 is 4.79 Å². The van der Waals surface area contributed by atoms with Gasteiger partial charge in [0.1, 0.15) is 5.71 Å². The summed E-state index contributed by atoms with van der Waals surface area (Å²) in [6.45, 7) is 3.40. The first kappa shape index (κ1) is 15.9. The fraction of sp³-hybridized carbons (Fsp3) is 0.800. The Balaban J connectivity index is 1.48. The minimum atomic E-state index is -0.0110. The SMILES string of the molecule is CC(=NNc1nn[nH]n1)C(=O)N1CCC(C2CCCCC2)CC1. The van der Waals surface area contributed by atoms with Gasteiger partial charge >= 0.3 is 0 Å². The summed E-state index contributed by atoms with van der Waals surface area (Å²) in [7, 11) is 0. The Morgan fingerprint density at radius 2 is 1.87 bits per heavy atom. The predicted octanol–water partition coefficient (Wildman–Crippen LogP) is 1.81. The summed E-state index contributed by atoms with van der Waals surface area (Å²) in [6.07, 6.45) is 9.19. The lowest BCUT2D eigenvalue weighted by Gasteiger charge is -2.37. The zero-order valence-electron chi connectivity index (χ0n) is 13.7. The van der Waals surface area contributed by atoms with Crippen molar-refractivity contribution in [1.82, 2.24) is 25.5 Å². The van der Waals surface area contributed by atoms with Gasteiger partial charge in [0.25, 0.3) is 11.9 Å². The number of aromatic amines is 1. The molecule has 2 fully saturated rings. The molecule has 2 aliphatic rings. The molecule has 1 aliphatic heterocycles. The number of hydrogen-bond acceptors (Lipinski definition) is 6. The van der Waals surface area contributed by atoms with Crippen LogP contribution in [0, 0.1) is 11.8 Å². The van der Waals surface area contributed by atoms with Crippen molar-refractivity contribution in [3.63, 3.8) is 0 Å². The van der Waals surface area contributed by atoms with Gasteiger partial charge in [-0.05, 0) is 36.8 Å². The number of nitrogens with one attached hydrogen (secondary N) is 2. The van der Waals surface area contributed by atoms with Gasteiger partial charge in [0.05, 0.1) is 0 Å². The summed E-state index contributed by atoms with van der Waals surface area (Å²) in [6, 6.07) is 0. The second-order valence-electron chi connectivity index (χ2n) is 6.57. The van der Waals surface area contributed by atoms with Crippen molar-refractivity contribution >= 4 is 17.6 Å². The minimum absolute atomic E-state index is 0.0110. The predicted molar refractivity (Wildman–Crippen MR) is 86.8 cm³/mol. The molecular formula is C15H25N7O. The van der Waals surface area contributed by atoms with Crippen LogP contribution < -0.4 is 5.43 Å². The number of tetrazole rings is 1. The molecule has 1 aliphatic carbocycles. The lowest BCUT2D eigenvalue weighted by atomic mass is 9.76. The van der Waals surface area contributed by atoms with Gasteiger partial charge in [0, 0.05) is 13.1 Å². The Morgan fingerprint density at radius 3 is 2.52 bits per heavy atom. The van der Waals surface area contributed by atoms with E-state index in [1.807, 2.05) is 4.90 Å². The summed E-state index contributed by atoms with van der Waals surface area (Å²) in [5.74, 6) is 1.93. The Labute approximate surface area is 136 Å². The Hall–Kier alpha value is -1.99. The highest BCUT2D eigenvalue weighted by Crippen LogP contribution is 2.35. The number of likely N-dealkylation sites (tertiary alicyclic amines) is 1. The van der Waals surface area contributed by atoms with Gasteiger partial charge < -0.3 is 4.90 Å². The molecule has 1 amide bonds. The van der Waals surface area contributed by atoms with Crippen LogP contribution in [0.15, 0.2) is 5.10 Å².